The van der Waals surface area contributed by atoms with E-state index < -0.39 is 0 Å². The fraction of sp³-hybridized carbons (Fsp3) is 0.647. The van der Waals surface area contributed by atoms with Gasteiger partial charge in [0.15, 0.2) is 0 Å². The van der Waals surface area contributed by atoms with Gasteiger partial charge in [0.1, 0.15) is 0 Å². The summed E-state index contributed by atoms with van der Waals surface area (Å²) in [5.74, 6) is 1.03. The number of hydrogen-bond donors (Lipinski definition) is 1. The second-order valence-electron chi connectivity index (χ2n) is 6.45. The molecule has 1 saturated heterocycles. The lowest BCUT2D eigenvalue weighted by Gasteiger charge is -2.34. The lowest BCUT2D eigenvalue weighted by molar-refractivity contribution is -0.132. The maximum Gasteiger partial charge on any atom is 0.227 e. The van der Waals surface area contributed by atoms with Gasteiger partial charge in [0, 0.05) is 25.5 Å². The quantitative estimate of drug-likeness (QED) is 0.905. The van der Waals surface area contributed by atoms with Crippen LogP contribution in [-0.4, -0.2) is 40.1 Å². The van der Waals surface area contributed by atoms with E-state index in [1.807, 2.05) is 17.0 Å². The number of pyridine rings is 1. The molecule has 0 saturated carbocycles. The predicted octanol–water partition coefficient (Wildman–Crippen LogP) is 2.27. The van der Waals surface area contributed by atoms with Gasteiger partial charge in [-0.1, -0.05) is 19.9 Å². The van der Waals surface area contributed by atoms with Gasteiger partial charge in [-0.25, -0.2) is 0 Å². The molecular weight excluding hydrogens is 264 g/mol. The zero-order chi connectivity index (χ0) is 15.2. The standard InChI is InChI=1S/C17H26N2O2/c1-13(2)10-16(20)15-5-8-19(9-6-15)17(21)11-14-4-3-7-18-12-14/h3-4,7,12-13,15-16,20H,5-6,8-11H2,1-2H3/t16-/m0/s1. The van der Waals surface area contributed by atoms with Gasteiger partial charge in [-0.2, -0.15) is 0 Å². The summed E-state index contributed by atoms with van der Waals surface area (Å²) in [7, 11) is 0. The van der Waals surface area contributed by atoms with Crippen molar-refractivity contribution in [2.45, 2.75) is 45.6 Å². The number of aliphatic hydroxyl groups is 1. The predicted molar refractivity (Wildman–Crippen MR) is 82.7 cm³/mol. The summed E-state index contributed by atoms with van der Waals surface area (Å²) >= 11 is 0. The van der Waals surface area contributed by atoms with E-state index in [2.05, 4.69) is 18.8 Å². The topological polar surface area (TPSA) is 53.4 Å². The number of aliphatic hydroxyl groups excluding tert-OH is 1. The number of amides is 1. The number of nitrogens with zero attached hydrogens (tertiary/aromatic N) is 2. The van der Waals surface area contributed by atoms with Crippen LogP contribution in [0.3, 0.4) is 0 Å². The van der Waals surface area contributed by atoms with Crippen LogP contribution in [0.5, 0.6) is 0 Å². The lowest BCUT2D eigenvalue weighted by atomic mass is 9.87. The van der Waals surface area contributed by atoms with Crippen LogP contribution in [-0.2, 0) is 11.2 Å². The van der Waals surface area contributed by atoms with E-state index in [9.17, 15) is 9.90 Å². The molecule has 0 aromatic carbocycles. The Morgan fingerprint density at radius 2 is 2.14 bits per heavy atom. The van der Waals surface area contributed by atoms with Crippen molar-refractivity contribution in [2.75, 3.05) is 13.1 Å². The molecule has 1 aliphatic heterocycles. The number of aromatic nitrogens is 1. The van der Waals surface area contributed by atoms with E-state index in [1.165, 1.54) is 0 Å². The molecule has 1 N–H and O–H groups in total. The van der Waals surface area contributed by atoms with Crippen molar-refractivity contribution < 1.29 is 9.90 Å². The number of piperidine rings is 1. The molecule has 0 aliphatic carbocycles. The Bertz CT molecular complexity index is 439. The van der Waals surface area contributed by atoms with Crippen LogP contribution in [0.2, 0.25) is 0 Å². The van der Waals surface area contributed by atoms with Crippen LogP contribution in [0.1, 0.15) is 38.7 Å². The summed E-state index contributed by atoms with van der Waals surface area (Å²) in [5.41, 5.74) is 0.962. The number of carbonyl (C=O) groups excluding carboxylic acids is 1. The normalized spacial score (nSPS) is 18.0. The third-order valence-corrected chi connectivity index (χ3v) is 4.23. The summed E-state index contributed by atoms with van der Waals surface area (Å²) in [5, 5.41) is 10.2. The van der Waals surface area contributed by atoms with Gasteiger partial charge in [0.05, 0.1) is 12.5 Å². The van der Waals surface area contributed by atoms with Gasteiger partial charge < -0.3 is 10.0 Å². The largest absolute Gasteiger partial charge is 0.393 e. The molecule has 0 spiro atoms. The van der Waals surface area contributed by atoms with Crippen LogP contribution in [0.15, 0.2) is 24.5 Å². The Morgan fingerprint density at radius 1 is 1.43 bits per heavy atom. The Kier molecular flexibility index (Phi) is 5.74. The molecule has 4 nitrogen and oxygen atoms in total. The maximum absolute atomic E-state index is 12.3. The number of hydrogen-bond acceptors (Lipinski definition) is 3. The van der Waals surface area contributed by atoms with E-state index >= 15 is 0 Å². The van der Waals surface area contributed by atoms with Crippen molar-refractivity contribution in [3.8, 4) is 0 Å². The molecule has 1 aliphatic rings. The molecule has 116 valence electrons. The summed E-state index contributed by atoms with van der Waals surface area (Å²) in [4.78, 5) is 18.2. The van der Waals surface area contributed by atoms with Crippen molar-refractivity contribution in [3.63, 3.8) is 0 Å². The molecular formula is C17H26N2O2. The number of likely N-dealkylation sites (tertiary alicyclic amines) is 1. The zero-order valence-corrected chi connectivity index (χ0v) is 13.0. The highest BCUT2D eigenvalue weighted by molar-refractivity contribution is 5.78. The molecule has 1 fully saturated rings. The van der Waals surface area contributed by atoms with Gasteiger partial charge >= 0.3 is 0 Å². The third kappa shape index (κ3) is 4.81. The summed E-state index contributed by atoms with van der Waals surface area (Å²) < 4.78 is 0. The number of rotatable bonds is 5. The number of carbonyl (C=O) groups is 1. The van der Waals surface area contributed by atoms with Crippen molar-refractivity contribution in [2.24, 2.45) is 11.8 Å². The first-order valence-electron chi connectivity index (χ1n) is 7.91. The minimum Gasteiger partial charge on any atom is -0.393 e. The van der Waals surface area contributed by atoms with Crippen LogP contribution in [0, 0.1) is 11.8 Å². The average molecular weight is 290 g/mol. The molecule has 2 rings (SSSR count). The maximum atomic E-state index is 12.3. The molecule has 0 unspecified atom stereocenters. The van der Waals surface area contributed by atoms with E-state index in [1.54, 1.807) is 12.4 Å². The monoisotopic (exact) mass is 290 g/mol. The van der Waals surface area contributed by atoms with Gasteiger partial charge in [-0.05, 0) is 42.7 Å². The Labute approximate surface area is 127 Å². The van der Waals surface area contributed by atoms with Gasteiger partial charge in [-0.3, -0.25) is 9.78 Å². The van der Waals surface area contributed by atoms with Crippen LogP contribution < -0.4 is 0 Å². The lowest BCUT2D eigenvalue weighted by Crippen LogP contribution is -2.42. The van der Waals surface area contributed by atoms with Gasteiger partial charge in [-0.15, -0.1) is 0 Å². The molecule has 1 amide bonds. The second kappa shape index (κ2) is 7.55. The summed E-state index contributed by atoms with van der Waals surface area (Å²) in [6.07, 6.45) is 6.34. The average Bonchev–Trinajstić information content (AvgIpc) is 2.47. The molecule has 1 aromatic rings. The van der Waals surface area contributed by atoms with E-state index in [-0.39, 0.29) is 12.0 Å². The van der Waals surface area contributed by atoms with E-state index in [0.717, 1.165) is 37.9 Å². The van der Waals surface area contributed by atoms with Gasteiger partial charge in [0.2, 0.25) is 5.91 Å². The van der Waals surface area contributed by atoms with Gasteiger partial charge in [0.25, 0.3) is 0 Å². The molecule has 1 atom stereocenters. The second-order valence-corrected chi connectivity index (χ2v) is 6.45. The fourth-order valence-electron chi connectivity index (χ4n) is 3.00. The zero-order valence-electron chi connectivity index (χ0n) is 13.0. The first-order valence-corrected chi connectivity index (χ1v) is 7.91. The molecule has 4 heteroatoms. The van der Waals surface area contributed by atoms with Crippen LogP contribution >= 0.6 is 0 Å². The van der Waals surface area contributed by atoms with E-state index in [4.69, 9.17) is 0 Å². The Balaban J connectivity index is 1.79. The highest BCUT2D eigenvalue weighted by Crippen LogP contribution is 2.24. The van der Waals surface area contributed by atoms with Crippen LogP contribution in [0.25, 0.3) is 0 Å². The van der Waals surface area contributed by atoms with Crippen molar-refractivity contribution in [1.29, 1.82) is 0 Å². The molecule has 0 radical (unpaired) electrons. The van der Waals surface area contributed by atoms with Crippen molar-refractivity contribution in [3.05, 3.63) is 30.1 Å². The smallest absolute Gasteiger partial charge is 0.227 e. The minimum atomic E-state index is -0.222. The first kappa shape index (κ1) is 16.0. The molecule has 1 aromatic heterocycles. The minimum absolute atomic E-state index is 0.166. The SMILES string of the molecule is CC(C)C[C@H](O)C1CCN(C(=O)Cc2cccnc2)CC1. The Hall–Kier alpha value is -1.42. The molecule has 21 heavy (non-hydrogen) atoms. The van der Waals surface area contributed by atoms with Crippen LogP contribution in [0.4, 0.5) is 0 Å². The Morgan fingerprint density at radius 3 is 2.71 bits per heavy atom. The summed E-state index contributed by atoms with van der Waals surface area (Å²) in [6, 6.07) is 3.79. The highest BCUT2D eigenvalue weighted by atomic mass is 16.3. The van der Waals surface area contributed by atoms with Crippen molar-refractivity contribution in [1.82, 2.24) is 9.88 Å². The fourth-order valence-corrected chi connectivity index (χ4v) is 3.00. The third-order valence-electron chi connectivity index (χ3n) is 4.23. The van der Waals surface area contributed by atoms with E-state index in [0.29, 0.717) is 18.3 Å². The molecule has 0 bridgehead atoms. The molecule has 2 heterocycles. The highest BCUT2D eigenvalue weighted by Gasteiger charge is 2.27. The first-order chi connectivity index (χ1) is 10.1. The summed E-state index contributed by atoms with van der Waals surface area (Å²) in [6.45, 7) is 5.80. The van der Waals surface area contributed by atoms with Crippen molar-refractivity contribution >= 4 is 5.91 Å².